The van der Waals surface area contributed by atoms with Gasteiger partial charge in [0.05, 0.1) is 6.04 Å². The standard InChI is InChI=1S/C29H29N9O2S/c1-18(32-24(39)8-5-14-37(2)3)28-34-25(26-27(30)31-13-15-38(26)28)20-6-4-7-21(16-20)29(40)33-22-11-9-19(10-12-22)23-17-41-36-35-23/h4-13,15-18H,14H2,1-3H3,(H2,30,31)(H,32,39)(H,33,40)/b8-5+/t18-/m0/s1. The number of hydrogen-bond acceptors (Lipinski definition) is 9. The Morgan fingerprint density at radius 2 is 1.95 bits per heavy atom. The third-order valence-corrected chi connectivity index (χ3v) is 6.80. The summed E-state index contributed by atoms with van der Waals surface area (Å²) in [7, 11) is 3.86. The van der Waals surface area contributed by atoms with Gasteiger partial charge in [-0.05, 0) is 56.8 Å². The van der Waals surface area contributed by atoms with Crippen molar-refractivity contribution in [3.05, 3.63) is 89.8 Å². The molecule has 0 aliphatic carbocycles. The number of fused-ring (bicyclic) bond motifs is 1. The molecule has 0 saturated heterocycles. The Labute approximate surface area is 240 Å². The Hall–Kier alpha value is -4.94. The van der Waals surface area contributed by atoms with Crippen molar-refractivity contribution in [1.82, 2.24) is 34.2 Å². The Morgan fingerprint density at radius 1 is 1.15 bits per heavy atom. The molecule has 0 saturated carbocycles. The van der Waals surface area contributed by atoms with Crippen LogP contribution in [0.2, 0.25) is 0 Å². The number of nitrogens with one attached hydrogen (secondary N) is 2. The number of nitrogens with two attached hydrogens (primary N) is 1. The van der Waals surface area contributed by atoms with Gasteiger partial charge in [0.2, 0.25) is 5.91 Å². The molecule has 2 amide bonds. The maximum Gasteiger partial charge on any atom is 0.255 e. The topological polar surface area (TPSA) is 143 Å². The molecule has 0 aliphatic heterocycles. The second-order valence-electron chi connectivity index (χ2n) is 9.65. The molecule has 0 fully saturated rings. The molecule has 5 aromatic rings. The average molecular weight is 568 g/mol. The van der Waals surface area contributed by atoms with Crippen LogP contribution in [-0.2, 0) is 4.79 Å². The normalized spacial score (nSPS) is 12.2. The minimum Gasteiger partial charge on any atom is -0.382 e. The third-order valence-electron chi connectivity index (χ3n) is 6.29. The number of aromatic nitrogens is 5. The lowest BCUT2D eigenvalue weighted by atomic mass is 10.1. The molecule has 12 heteroatoms. The smallest absolute Gasteiger partial charge is 0.255 e. The van der Waals surface area contributed by atoms with E-state index >= 15 is 0 Å². The molecule has 2 aromatic carbocycles. The molecule has 41 heavy (non-hydrogen) atoms. The second kappa shape index (κ2) is 12.1. The van der Waals surface area contributed by atoms with Crippen LogP contribution < -0.4 is 16.4 Å². The second-order valence-corrected chi connectivity index (χ2v) is 10.3. The highest BCUT2D eigenvalue weighted by atomic mass is 32.1. The zero-order valence-electron chi connectivity index (χ0n) is 22.8. The molecule has 0 unspecified atom stereocenters. The number of hydrogen-bond donors (Lipinski definition) is 3. The number of anilines is 2. The molecule has 1 atom stereocenters. The van der Waals surface area contributed by atoms with Crippen molar-refractivity contribution in [3.8, 4) is 22.5 Å². The van der Waals surface area contributed by atoms with Gasteiger partial charge >= 0.3 is 0 Å². The van der Waals surface area contributed by atoms with E-state index in [1.165, 1.54) is 17.6 Å². The molecule has 0 bridgehead atoms. The van der Waals surface area contributed by atoms with E-state index in [1.807, 2.05) is 66.0 Å². The summed E-state index contributed by atoms with van der Waals surface area (Å²) >= 11 is 1.28. The van der Waals surface area contributed by atoms with Gasteiger partial charge in [0.25, 0.3) is 5.91 Å². The van der Waals surface area contributed by atoms with Crippen molar-refractivity contribution >= 4 is 40.4 Å². The molecular formula is C29H29N9O2S. The third kappa shape index (κ3) is 6.29. The quantitative estimate of drug-likeness (QED) is 0.227. The van der Waals surface area contributed by atoms with Crippen LogP contribution in [0.1, 0.15) is 29.1 Å². The number of benzene rings is 2. The predicted molar refractivity (Wildman–Crippen MR) is 160 cm³/mol. The van der Waals surface area contributed by atoms with Gasteiger partial charge in [-0.15, -0.1) is 5.10 Å². The molecule has 0 aliphatic rings. The highest BCUT2D eigenvalue weighted by Crippen LogP contribution is 2.31. The van der Waals surface area contributed by atoms with Crippen LogP contribution in [0.4, 0.5) is 11.5 Å². The van der Waals surface area contributed by atoms with Gasteiger partial charge in [-0.2, -0.15) is 0 Å². The van der Waals surface area contributed by atoms with E-state index in [9.17, 15) is 9.59 Å². The monoisotopic (exact) mass is 567 g/mol. The van der Waals surface area contributed by atoms with Gasteiger partial charge in [-0.25, -0.2) is 9.97 Å². The highest BCUT2D eigenvalue weighted by Gasteiger charge is 2.21. The maximum atomic E-state index is 13.2. The zero-order valence-corrected chi connectivity index (χ0v) is 23.6. The van der Waals surface area contributed by atoms with E-state index in [2.05, 4.69) is 25.2 Å². The first-order chi connectivity index (χ1) is 19.8. The minimum absolute atomic E-state index is 0.227. The van der Waals surface area contributed by atoms with Crippen molar-refractivity contribution < 1.29 is 9.59 Å². The van der Waals surface area contributed by atoms with E-state index in [-0.39, 0.29) is 17.6 Å². The summed E-state index contributed by atoms with van der Waals surface area (Å²) in [6.07, 6.45) is 6.64. The number of rotatable bonds is 9. The van der Waals surface area contributed by atoms with Crippen LogP contribution >= 0.6 is 11.5 Å². The minimum atomic E-state index is -0.427. The Kier molecular flexibility index (Phi) is 8.13. The molecule has 5 rings (SSSR count). The number of carbonyl (C=O) groups is 2. The van der Waals surface area contributed by atoms with Crippen molar-refractivity contribution in [1.29, 1.82) is 0 Å². The predicted octanol–water partition coefficient (Wildman–Crippen LogP) is 4.04. The van der Waals surface area contributed by atoms with E-state index in [0.717, 1.165) is 11.3 Å². The van der Waals surface area contributed by atoms with Crippen molar-refractivity contribution in [2.45, 2.75) is 13.0 Å². The largest absolute Gasteiger partial charge is 0.382 e. The zero-order chi connectivity index (χ0) is 28.9. The van der Waals surface area contributed by atoms with E-state index in [1.54, 1.807) is 36.7 Å². The van der Waals surface area contributed by atoms with Crippen molar-refractivity contribution in [2.75, 3.05) is 31.7 Å². The van der Waals surface area contributed by atoms with Gasteiger partial charge in [-0.1, -0.05) is 34.8 Å². The summed E-state index contributed by atoms with van der Waals surface area (Å²) in [5.41, 5.74) is 10.9. The van der Waals surface area contributed by atoms with Crippen molar-refractivity contribution in [2.24, 2.45) is 0 Å². The van der Waals surface area contributed by atoms with E-state index in [0.29, 0.717) is 40.4 Å². The highest BCUT2D eigenvalue weighted by molar-refractivity contribution is 7.03. The number of nitrogen functional groups attached to an aromatic ring is 1. The van der Waals surface area contributed by atoms with Crippen LogP contribution in [0.3, 0.4) is 0 Å². The van der Waals surface area contributed by atoms with E-state index in [4.69, 9.17) is 10.7 Å². The van der Waals surface area contributed by atoms with Gasteiger partial charge < -0.3 is 21.3 Å². The number of likely N-dealkylation sites (N-methyl/N-ethyl adjacent to an activating group) is 1. The Balaban J connectivity index is 1.39. The first-order valence-electron chi connectivity index (χ1n) is 12.8. The molecule has 4 N–H and O–H groups in total. The van der Waals surface area contributed by atoms with Crippen molar-refractivity contribution in [3.63, 3.8) is 0 Å². The number of amides is 2. The average Bonchev–Trinajstić information content (AvgIpc) is 3.63. The first-order valence-corrected chi connectivity index (χ1v) is 13.7. The summed E-state index contributed by atoms with van der Waals surface area (Å²) in [5, 5.41) is 11.8. The lowest BCUT2D eigenvalue weighted by Gasteiger charge is -2.12. The van der Waals surface area contributed by atoms with Crippen LogP contribution in [-0.4, -0.2) is 61.3 Å². The maximum absolute atomic E-state index is 13.2. The summed E-state index contributed by atoms with van der Waals surface area (Å²) in [6, 6.07) is 14.1. The van der Waals surface area contributed by atoms with Crippen LogP contribution in [0.15, 0.2) is 78.5 Å². The Morgan fingerprint density at radius 3 is 2.68 bits per heavy atom. The molecular weight excluding hydrogens is 538 g/mol. The Bertz CT molecular complexity index is 1710. The van der Waals surface area contributed by atoms with Gasteiger partial charge in [0, 0.05) is 52.8 Å². The molecule has 11 nitrogen and oxygen atoms in total. The molecule has 0 spiro atoms. The lowest BCUT2D eigenvalue weighted by molar-refractivity contribution is -0.117. The van der Waals surface area contributed by atoms with Gasteiger partial charge in [0.1, 0.15) is 28.5 Å². The fourth-order valence-corrected chi connectivity index (χ4v) is 4.78. The summed E-state index contributed by atoms with van der Waals surface area (Å²) in [6.45, 7) is 2.51. The van der Waals surface area contributed by atoms with Gasteiger partial charge in [-0.3, -0.25) is 14.0 Å². The fraction of sp³-hybridized carbons (Fsp3) is 0.172. The molecule has 3 heterocycles. The van der Waals surface area contributed by atoms with Crippen LogP contribution in [0.25, 0.3) is 28.0 Å². The molecule has 208 valence electrons. The van der Waals surface area contributed by atoms with Crippen LogP contribution in [0, 0.1) is 0 Å². The van der Waals surface area contributed by atoms with E-state index < -0.39 is 6.04 Å². The fourth-order valence-electron chi connectivity index (χ4n) is 4.32. The van der Waals surface area contributed by atoms with Crippen LogP contribution in [0.5, 0.6) is 0 Å². The first kappa shape index (κ1) is 27.6. The number of nitrogens with zero attached hydrogens (tertiary/aromatic N) is 6. The number of imidazole rings is 1. The molecule has 0 radical (unpaired) electrons. The summed E-state index contributed by atoms with van der Waals surface area (Å²) in [5.74, 6) is 0.379. The molecule has 3 aromatic heterocycles. The lowest BCUT2D eigenvalue weighted by Crippen LogP contribution is -2.26. The summed E-state index contributed by atoms with van der Waals surface area (Å²) in [4.78, 5) is 36.7. The summed E-state index contributed by atoms with van der Waals surface area (Å²) < 4.78 is 5.70. The van der Waals surface area contributed by atoms with Gasteiger partial charge in [0.15, 0.2) is 0 Å². The number of carbonyl (C=O) groups excluding carboxylic acids is 2. The SMILES string of the molecule is C[C@H](NC(=O)/C=C/CN(C)C)c1nc(-c2cccc(C(=O)Nc3ccc(-c4csnn4)cc3)c2)c2c(N)nccn12.